The van der Waals surface area contributed by atoms with Crippen molar-refractivity contribution in [3.8, 4) is 0 Å². The molecule has 0 aliphatic carbocycles. The van der Waals surface area contributed by atoms with E-state index in [-0.39, 0.29) is 60.4 Å². The van der Waals surface area contributed by atoms with Gasteiger partial charge in [-0.05, 0) is 93.8 Å². The predicted molar refractivity (Wildman–Crippen MR) is 190 cm³/mol. The van der Waals surface area contributed by atoms with Crippen molar-refractivity contribution in [3.05, 3.63) is 68.8 Å². The molecule has 4 atom stereocenters. The second-order valence-corrected chi connectivity index (χ2v) is 13.8. The summed E-state index contributed by atoms with van der Waals surface area (Å²) < 4.78 is 15.0. The zero-order chi connectivity index (χ0) is 38.6. The highest BCUT2D eigenvalue weighted by molar-refractivity contribution is 6.00. The number of carbonyl (C=O) groups is 3. The number of fused-ring (bicyclic) bond motifs is 8. The average Bonchev–Trinajstić information content (AvgIpc) is 3.71. The Morgan fingerprint density at radius 3 is 1.83 bits per heavy atom. The maximum absolute atomic E-state index is 13.7. The van der Waals surface area contributed by atoms with E-state index in [4.69, 9.17) is 24.2 Å². The van der Waals surface area contributed by atoms with Crippen LogP contribution in [-0.4, -0.2) is 79.6 Å². The number of ether oxygens (including phenoxy) is 3. The lowest BCUT2D eigenvalue weighted by atomic mass is 9.78. The largest absolute Gasteiger partial charge is 0.469 e. The molecule has 3 aromatic heterocycles. The Hall–Kier alpha value is -4.63. The van der Waals surface area contributed by atoms with Gasteiger partial charge in [0.15, 0.2) is 0 Å². The van der Waals surface area contributed by atoms with Crippen LogP contribution in [0.3, 0.4) is 0 Å². The highest BCUT2D eigenvalue weighted by Crippen LogP contribution is 2.49. The lowest BCUT2D eigenvalue weighted by Crippen LogP contribution is -2.44. The third-order valence-corrected chi connectivity index (χ3v) is 11.1. The van der Waals surface area contributed by atoms with Gasteiger partial charge in [0.05, 0.1) is 49.6 Å². The van der Waals surface area contributed by atoms with Crippen molar-refractivity contribution >= 4 is 40.0 Å². The Kier molecular flexibility index (Phi) is 10.2. The summed E-state index contributed by atoms with van der Waals surface area (Å²) in [7, 11) is 3.73. The molecule has 5 rings (SSSR count). The highest BCUT2D eigenvalue weighted by atomic mass is 16.5. The van der Waals surface area contributed by atoms with E-state index in [1.54, 1.807) is 32.0 Å². The lowest BCUT2D eigenvalue weighted by Gasteiger charge is -2.35. The second kappa shape index (κ2) is 13.7. The molecule has 52 heavy (non-hydrogen) atoms. The minimum absolute atomic E-state index is 0.00895. The molecule has 4 unspecified atom stereocenters. The molecular weight excluding hydrogens is 672 g/mol. The van der Waals surface area contributed by atoms with Crippen molar-refractivity contribution < 1.29 is 49.0 Å². The van der Waals surface area contributed by atoms with Gasteiger partial charge in [-0.15, -0.1) is 0 Å². The van der Waals surface area contributed by atoms with Crippen molar-refractivity contribution in [2.75, 3.05) is 21.3 Å². The number of rotatable bonds is 9. The van der Waals surface area contributed by atoms with E-state index in [1.165, 1.54) is 35.2 Å². The van der Waals surface area contributed by atoms with Gasteiger partial charge in [-0.1, -0.05) is 13.8 Å². The molecule has 6 N–H and O–H groups in total. The molecule has 0 fully saturated rings. The third kappa shape index (κ3) is 5.87. The van der Waals surface area contributed by atoms with Crippen LogP contribution in [-0.2, 0) is 59.0 Å². The maximum Gasteiger partial charge on any atom is 0.341 e. The Morgan fingerprint density at radius 2 is 1.25 bits per heavy atom. The van der Waals surface area contributed by atoms with Crippen LogP contribution in [0.2, 0.25) is 0 Å². The van der Waals surface area contributed by atoms with Crippen LogP contribution in [0.4, 0.5) is 0 Å². The lowest BCUT2D eigenvalue weighted by molar-refractivity contribution is -0.160. The van der Waals surface area contributed by atoms with Crippen LogP contribution in [0.25, 0.3) is 22.1 Å². The fraction of sp³-hybridized carbons (Fsp3) is 0.500. The third-order valence-electron chi connectivity index (χ3n) is 11.1. The molecule has 0 saturated carbocycles. The van der Waals surface area contributed by atoms with E-state index in [0.717, 1.165) is 0 Å². The summed E-state index contributed by atoms with van der Waals surface area (Å²) in [4.78, 5) is 54.5. The molecule has 8 bridgehead atoms. The quantitative estimate of drug-likeness (QED) is 0.137. The number of H-pyrrole nitrogens is 2. The first-order valence-electron chi connectivity index (χ1n) is 17.3. The summed E-state index contributed by atoms with van der Waals surface area (Å²) in [5.74, 6) is -1.85. The van der Waals surface area contributed by atoms with Crippen molar-refractivity contribution in [2.24, 2.45) is 0 Å². The summed E-state index contributed by atoms with van der Waals surface area (Å²) in [6.45, 7) is 10.0. The normalized spacial score (nSPS) is 24.1. The van der Waals surface area contributed by atoms with Crippen molar-refractivity contribution in [2.45, 2.75) is 102 Å². The van der Waals surface area contributed by atoms with Gasteiger partial charge in [-0.25, -0.2) is 4.79 Å². The SMILES string of the molecule is CCc1c(C)c2cc3nc(cc4[nH]c(cc5nc(c(C(=O)OC)c1[nH]2)C(O)(CC)C5(C)O)c(C)c4CCC(=O)OC)C(O)(CCC(=O)OC)C3(C)O. The van der Waals surface area contributed by atoms with Crippen LogP contribution < -0.4 is 0 Å². The number of carbonyl (C=O) groups excluding carboxylic acids is 3. The van der Waals surface area contributed by atoms with Crippen molar-refractivity contribution in [3.63, 3.8) is 0 Å². The highest BCUT2D eigenvalue weighted by Gasteiger charge is 2.56. The number of nitrogens with one attached hydrogen (secondary N) is 2. The van der Waals surface area contributed by atoms with E-state index < -0.39 is 40.3 Å². The molecule has 0 saturated heterocycles. The van der Waals surface area contributed by atoms with Crippen molar-refractivity contribution in [1.82, 2.24) is 19.9 Å². The Balaban J connectivity index is 2.05. The minimum atomic E-state index is -2.09. The summed E-state index contributed by atoms with van der Waals surface area (Å²) in [6.07, 6.45) is 0.126. The van der Waals surface area contributed by atoms with Gasteiger partial charge in [-0.2, -0.15) is 0 Å². The summed E-state index contributed by atoms with van der Waals surface area (Å²) in [6, 6.07) is 4.70. The standard InChI is InChI=1S/C38H48N4O10/c1-10-21-19(3)24-17-26-36(6,47)38(49,15-14-30(44)51-8)28(41-26)18-25-22(12-13-29(43)50-7)20(4)23(39-25)16-27-35(5,46)37(48,11-2)33(42-27)31(32(21)40-24)34(45)52-9/h16-18,39-40,46-49H,10-15H2,1-9H3. The number of nitrogens with zero attached hydrogens (tertiary/aromatic N) is 2. The molecular formula is C38H48N4O10. The number of aromatic nitrogens is 4. The van der Waals surface area contributed by atoms with E-state index in [2.05, 4.69) is 9.97 Å². The van der Waals surface area contributed by atoms with Crippen LogP contribution in [0.15, 0.2) is 18.2 Å². The second-order valence-electron chi connectivity index (χ2n) is 13.8. The fourth-order valence-corrected chi connectivity index (χ4v) is 7.47. The van der Waals surface area contributed by atoms with E-state index in [9.17, 15) is 34.8 Å². The van der Waals surface area contributed by atoms with Crippen LogP contribution in [0, 0.1) is 13.8 Å². The molecule has 3 aromatic rings. The molecule has 280 valence electrons. The summed E-state index contributed by atoms with van der Waals surface area (Å²) in [5.41, 5.74) is -3.91. The molecule has 2 aliphatic heterocycles. The molecule has 0 spiro atoms. The Morgan fingerprint density at radius 1 is 0.712 bits per heavy atom. The topological polar surface area (TPSA) is 217 Å². The van der Waals surface area contributed by atoms with Gasteiger partial charge in [0, 0.05) is 29.4 Å². The Bertz CT molecular complexity index is 2110. The first-order chi connectivity index (χ1) is 24.4. The molecule has 14 heteroatoms. The van der Waals surface area contributed by atoms with Gasteiger partial charge in [0.1, 0.15) is 28.0 Å². The van der Waals surface area contributed by atoms with Crippen LogP contribution >= 0.6 is 0 Å². The molecule has 2 aliphatic rings. The first kappa shape index (κ1) is 38.6. The number of hydrogen-bond donors (Lipinski definition) is 6. The predicted octanol–water partition coefficient (Wildman–Crippen LogP) is 3.94. The van der Waals surface area contributed by atoms with E-state index >= 15 is 0 Å². The number of esters is 3. The number of aliphatic hydroxyl groups is 4. The van der Waals surface area contributed by atoms with Gasteiger partial charge < -0.3 is 44.6 Å². The summed E-state index contributed by atoms with van der Waals surface area (Å²) >= 11 is 0. The van der Waals surface area contributed by atoms with Crippen LogP contribution in [0.5, 0.6) is 0 Å². The van der Waals surface area contributed by atoms with Crippen LogP contribution in [0.1, 0.15) is 109 Å². The molecule has 0 radical (unpaired) electrons. The van der Waals surface area contributed by atoms with E-state index in [0.29, 0.717) is 50.7 Å². The average molecular weight is 721 g/mol. The van der Waals surface area contributed by atoms with Gasteiger partial charge in [-0.3, -0.25) is 19.6 Å². The maximum atomic E-state index is 13.7. The summed E-state index contributed by atoms with van der Waals surface area (Å²) in [5, 5.41) is 48.9. The van der Waals surface area contributed by atoms with E-state index in [1.807, 2.05) is 13.8 Å². The first-order valence-corrected chi connectivity index (χ1v) is 17.3. The Labute approximate surface area is 301 Å². The fourth-order valence-electron chi connectivity index (χ4n) is 7.47. The van der Waals surface area contributed by atoms with Gasteiger partial charge in [0.2, 0.25) is 0 Å². The van der Waals surface area contributed by atoms with Gasteiger partial charge >= 0.3 is 17.9 Å². The number of hydrogen-bond acceptors (Lipinski definition) is 12. The number of aromatic amines is 2. The molecule has 0 amide bonds. The van der Waals surface area contributed by atoms with Crippen molar-refractivity contribution in [1.29, 1.82) is 0 Å². The minimum Gasteiger partial charge on any atom is -0.469 e. The molecule has 5 heterocycles. The monoisotopic (exact) mass is 720 g/mol. The number of aryl methyl sites for hydroxylation is 4. The smallest absolute Gasteiger partial charge is 0.341 e. The number of methoxy groups -OCH3 is 3. The molecule has 14 nitrogen and oxygen atoms in total. The zero-order valence-corrected chi connectivity index (χ0v) is 31.1. The van der Waals surface area contributed by atoms with Gasteiger partial charge in [0.25, 0.3) is 0 Å². The zero-order valence-electron chi connectivity index (χ0n) is 31.1. The molecule has 0 aromatic carbocycles.